The Morgan fingerprint density at radius 3 is 2.27 bits per heavy atom. The third-order valence-electron chi connectivity index (χ3n) is 6.29. The van der Waals surface area contributed by atoms with Crippen LogP contribution < -0.4 is 20.4 Å². The second-order valence-electron chi connectivity index (χ2n) is 8.63. The predicted octanol–water partition coefficient (Wildman–Crippen LogP) is 2.88. The van der Waals surface area contributed by atoms with E-state index in [9.17, 15) is 19.7 Å². The lowest BCUT2D eigenvalue weighted by atomic mass is 10.1. The third kappa shape index (κ3) is 6.45. The first-order valence-electron chi connectivity index (χ1n) is 11.8. The summed E-state index contributed by atoms with van der Waals surface area (Å²) in [6.07, 6.45) is 0. The molecule has 0 spiro atoms. The van der Waals surface area contributed by atoms with Crippen LogP contribution in [0.1, 0.15) is 17.3 Å². The molecule has 2 heterocycles. The van der Waals surface area contributed by atoms with Crippen molar-refractivity contribution in [2.75, 3.05) is 67.6 Å². The Labute approximate surface area is 224 Å². The van der Waals surface area contributed by atoms with Gasteiger partial charge in [0, 0.05) is 64.0 Å². The molecule has 4 rings (SSSR count). The van der Waals surface area contributed by atoms with Crippen LogP contribution in [-0.2, 0) is 9.53 Å². The minimum atomic E-state index is -0.561. The van der Waals surface area contributed by atoms with Crippen LogP contribution in [0.4, 0.5) is 22.7 Å². The molecule has 2 aromatic rings. The van der Waals surface area contributed by atoms with Gasteiger partial charge in [0.05, 0.1) is 40.1 Å². The highest BCUT2D eigenvalue weighted by atomic mass is 35.5. The van der Waals surface area contributed by atoms with Gasteiger partial charge in [0.1, 0.15) is 0 Å². The van der Waals surface area contributed by atoms with E-state index in [0.717, 1.165) is 5.69 Å². The first kappa shape index (κ1) is 26.6. The number of benzene rings is 2. The Bertz CT molecular complexity index is 1210. The average molecular weight is 547 g/mol. The van der Waals surface area contributed by atoms with Crippen molar-refractivity contribution in [3.05, 3.63) is 57.1 Å². The number of thiocarbonyl (C=S) groups is 1. The number of anilines is 3. The number of hydrogen-bond donors (Lipinski definition) is 2. The number of nitrogens with zero attached hydrogens (tertiary/aromatic N) is 4. The van der Waals surface area contributed by atoms with Crippen molar-refractivity contribution in [3.8, 4) is 0 Å². The van der Waals surface area contributed by atoms with Gasteiger partial charge in [-0.1, -0.05) is 11.6 Å². The molecule has 0 aromatic heterocycles. The normalized spacial score (nSPS) is 15.8. The SMILES string of the molecule is CC(=O)N1CCN(c2ccc(NC(=S)NC(=O)c3cc([N+](=O)[O-])ccc3N3CCOCC3)cc2Cl)CC1. The van der Waals surface area contributed by atoms with Crippen LogP contribution in [0.3, 0.4) is 0 Å². The van der Waals surface area contributed by atoms with Crippen molar-refractivity contribution in [2.45, 2.75) is 6.92 Å². The Morgan fingerprint density at radius 1 is 1.00 bits per heavy atom. The van der Waals surface area contributed by atoms with E-state index in [4.69, 9.17) is 28.6 Å². The molecule has 11 nitrogen and oxygen atoms in total. The number of morpholine rings is 1. The van der Waals surface area contributed by atoms with E-state index in [1.807, 2.05) is 11.0 Å². The number of nitro groups is 1. The summed E-state index contributed by atoms with van der Waals surface area (Å²) < 4.78 is 5.37. The van der Waals surface area contributed by atoms with E-state index in [2.05, 4.69) is 15.5 Å². The van der Waals surface area contributed by atoms with Gasteiger partial charge in [-0.15, -0.1) is 0 Å². The first-order valence-corrected chi connectivity index (χ1v) is 12.5. The fourth-order valence-corrected chi connectivity index (χ4v) is 4.85. The van der Waals surface area contributed by atoms with Gasteiger partial charge in [-0.05, 0) is 36.5 Å². The number of carbonyl (C=O) groups excluding carboxylic acids is 2. The highest BCUT2D eigenvalue weighted by Gasteiger charge is 2.23. The van der Waals surface area contributed by atoms with E-state index < -0.39 is 10.8 Å². The van der Waals surface area contributed by atoms with Gasteiger partial charge in [-0.25, -0.2) is 0 Å². The van der Waals surface area contributed by atoms with E-state index >= 15 is 0 Å². The van der Waals surface area contributed by atoms with Gasteiger partial charge < -0.3 is 24.8 Å². The quantitative estimate of drug-likeness (QED) is 0.331. The van der Waals surface area contributed by atoms with Crippen molar-refractivity contribution in [1.29, 1.82) is 0 Å². The maximum Gasteiger partial charge on any atom is 0.270 e. The zero-order valence-electron chi connectivity index (χ0n) is 20.2. The zero-order valence-corrected chi connectivity index (χ0v) is 21.8. The predicted molar refractivity (Wildman–Crippen MR) is 146 cm³/mol. The number of nitro benzene ring substituents is 1. The monoisotopic (exact) mass is 546 g/mol. The fraction of sp³-hybridized carbons (Fsp3) is 0.375. The standard InChI is InChI=1S/C24H27ClN6O5S/c1-16(32)28-6-8-29(9-7-28)22-4-2-17(14-20(22)25)26-24(37)27-23(33)19-15-18(31(34)35)3-5-21(19)30-10-12-36-13-11-30/h2-5,14-15H,6-13H2,1H3,(H2,26,27,33,37). The number of nitrogens with one attached hydrogen (secondary N) is 2. The molecular formula is C24H27ClN6O5S. The highest BCUT2D eigenvalue weighted by Crippen LogP contribution is 2.30. The topological polar surface area (TPSA) is 120 Å². The molecule has 2 aliphatic heterocycles. The molecule has 13 heteroatoms. The van der Waals surface area contributed by atoms with E-state index in [0.29, 0.717) is 68.9 Å². The largest absolute Gasteiger partial charge is 0.378 e. The zero-order chi connectivity index (χ0) is 26.5. The molecule has 0 unspecified atom stereocenters. The molecule has 0 atom stereocenters. The lowest BCUT2D eigenvalue weighted by Gasteiger charge is -2.36. The maximum absolute atomic E-state index is 13.1. The van der Waals surface area contributed by atoms with E-state index in [-0.39, 0.29) is 22.3 Å². The molecule has 37 heavy (non-hydrogen) atoms. The van der Waals surface area contributed by atoms with E-state index in [1.165, 1.54) is 12.1 Å². The summed E-state index contributed by atoms with van der Waals surface area (Å²) in [6.45, 7) is 6.31. The molecule has 0 aliphatic carbocycles. The number of halogens is 1. The molecule has 2 fully saturated rings. The summed E-state index contributed by atoms with van der Waals surface area (Å²) in [5, 5.41) is 17.4. The Morgan fingerprint density at radius 2 is 1.65 bits per heavy atom. The molecule has 2 aliphatic rings. The minimum absolute atomic E-state index is 0.0309. The molecule has 0 bridgehead atoms. The van der Waals surface area contributed by atoms with Crippen molar-refractivity contribution in [1.82, 2.24) is 10.2 Å². The average Bonchev–Trinajstić information content (AvgIpc) is 2.89. The van der Waals surface area contributed by atoms with Crippen LogP contribution >= 0.6 is 23.8 Å². The third-order valence-corrected chi connectivity index (χ3v) is 6.79. The lowest BCUT2D eigenvalue weighted by Crippen LogP contribution is -2.48. The van der Waals surface area contributed by atoms with Gasteiger partial charge in [0.2, 0.25) is 5.91 Å². The van der Waals surface area contributed by atoms with Crippen molar-refractivity contribution >= 4 is 63.5 Å². The van der Waals surface area contributed by atoms with Crippen LogP contribution in [0.5, 0.6) is 0 Å². The summed E-state index contributed by atoms with van der Waals surface area (Å²) in [4.78, 5) is 41.3. The van der Waals surface area contributed by atoms with Gasteiger partial charge >= 0.3 is 0 Å². The maximum atomic E-state index is 13.1. The number of piperazine rings is 1. The van der Waals surface area contributed by atoms with Crippen LogP contribution in [0.25, 0.3) is 0 Å². The number of non-ortho nitro benzene ring substituents is 1. The minimum Gasteiger partial charge on any atom is -0.378 e. The first-order chi connectivity index (χ1) is 17.7. The molecule has 2 saturated heterocycles. The summed E-state index contributed by atoms with van der Waals surface area (Å²) in [6, 6.07) is 9.56. The molecule has 0 saturated carbocycles. The van der Waals surface area contributed by atoms with Crippen LogP contribution in [-0.4, -0.2) is 79.2 Å². The van der Waals surface area contributed by atoms with Crippen molar-refractivity contribution < 1.29 is 19.2 Å². The molecule has 196 valence electrons. The second-order valence-corrected chi connectivity index (χ2v) is 9.44. The molecular weight excluding hydrogens is 520 g/mol. The lowest BCUT2D eigenvalue weighted by molar-refractivity contribution is -0.384. The molecule has 0 radical (unpaired) electrons. The number of carbonyl (C=O) groups is 2. The molecule has 2 N–H and O–H groups in total. The highest BCUT2D eigenvalue weighted by molar-refractivity contribution is 7.80. The summed E-state index contributed by atoms with van der Waals surface area (Å²) >= 11 is 11.9. The Balaban J connectivity index is 1.43. The van der Waals surface area contributed by atoms with E-state index in [1.54, 1.807) is 30.0 Å². The molecule has 2 amide bonds. The summed E-state index contributed by atoms with van der Waals surface area (Å²) in [7, 11) is 0. The van der Waals surface area contributed by atoms with Crippen molar-refractivity contribution in [3.63, 3.8) is 0 Å². The Kier molecular flexibility index (Phi) is 8.41. The van der Waals surface area contributed by atoms with Gasteiger partial charge in [-0.3, -0.25) is 25.0 Å². The number of amides is 2. The van der Waals surface area contributed by atoms with Gasteiger partial charge in [0.15, 0.2) is 5.11 Å². The Hall–Kier alpha value is -3.48. The van der Waals surface area contributed by atoms with Gasteiger partial charge in [-0.2, -0.15) is 0 Å². The number of rotatable bonds is 5. The summed E-state index contributed by atoms with van der Waals surface area (Å²) in [5.41, 5.74) is 1.96. The van der Waals surface area contributed by atoms with Crippen LogP contribution in [0.15, 0.2) is 36.4 Å². The van der Waals surface area contributed by atoms with Gasteiger partial charge in [0.25, 0.3) is 11.6 Å². The van der Waals surface area contributed by atoms with Crippen molar-refractivity contribution in [2.24, 2.45) is 0 Å². The fourth-order valence-electron chi connectivity index (χ4n) is 4.34. The molecule has 2 aromatic carbocycles. The number of hydrogen-bond acceptors (Lipinski definition) is 8. The van der Waals surface area contributed by atoms with Crippen LogP contribution in [0, 0.1) is 10.1 Å². The smallest absolute Gasteiger partial charge is 0.270 e. The summed E-state index contributed by atoms with van der Waals surface area (Å²) in [5.74, 6) is -0.503. The van der Waals surface area contributed by atoms with Crippen LogP contribution in [0.2, 0.25) is 5.02 Å². The second kappa shape index (κ2) is 11.7. The number of ether oxygens (including phenoxy) is 1.